The van der Waals surface area contributed by atoms with Crippen molar-refractivity contribution in [1.29, 1.82) is 5.26 Å². The third-order valence-electron chi connectivity index (χ3n) is 4.83. The number of nitrogens with zero attached hydrogens (tertiary/aromatic N) is 6. The fraction of sp³-hybridized carbons (Fsp3) is 0.500. The minimum absolute atomic E-state index is 0.0117. The highest BCUT2D eigenvalue weighted by molar-refractivity contribution is 5.96. The number of amides is 1. The first kappa shape index (κ1) is 17.9. The summed E-state index contributed by atoms with van der Waals surface area (Å²) in [5.41, 5.74) is 3.38. The summed E-state index contributed by atoms with van der Waals surface area (Å²) in [4.78, 5) is 26.3. The van der Waals surface area contributed by atoms with Gasteiger partial charge in [-0.15, -0.1) is 0 Å². The lowest BCUT2D eigenvalue weighted by molar-refractivity contribution is -0.133. The molecule has 2 aromatic heterocycles. The van der Waals surface area contributed by atoms with E-state index in [-0.39, 0.29) is 17.7 Å². The van der Waals surface area contributed by atoms with Crippen LogP contribution in [0.4, 0.5) is 0 Å². The van der Waals surface area contributed by atoms with E-state index >= 15 is 0 Å². The van der Waals surface area contributed by atoms with Gasteiger partial charge in [-0.2, -0.15) is 15.5 Å². The lowest BCUT2D eigenvalue weighted by Gasteiger charge is -2.28. The van der Waals surface area contributed by atoms with E-state index < -0.39 is 0 Å². The molecule has 1 aliphatic heterocycles. The molecule has 2 aromatic rings. The zero-order valence-corrected chi connectivity index (χ0v) is 15.5. The number of aromatic nitrogens is 4. The van der Waals surface area contributed by atoms with Crippen LogP contribution in [0.5, 0.6) is 0 Å². The molecule has 26 heavy (non-hydrogen) atoms. The van der Waals surface area contributed by atoms with Crippen molar-refractivity contribution in [3.8, 4) is 6.07 Å². The van der Waals surface area contributed by atoms with Crippen LogP contribution in [0.25, 0.3) is 0 Å². The summed E-state index contributed by atoms with van der Waals surface area (Å²) in [6, 6.07) is 3.61. The highest BCUT2D eigenvalue weighted by Crippen LogP contribution is 2.22. The molecule has 3 rings (SSSR count). The van der Waals surface area contributed by atoms with Gasteiger partial charge in [0.2, 0.25) is 5.91 Å². The maximum atomic E-state index is 12.7. The van der Waals surface area contributed by atoms with Crippen LogP contribution < -0.4 is 0 Å². The van der Waals surface area contributed by atoms with Crippen molar-refractivity contribution in [2.24, 2.45) is 0 Å². The third kappa shape index (κ3) is 3.12. The van der Waals surface area contributed by atoms with Crippen LogP contribution in [0, 0.1) is 25.2 Å². The van der Waals surface area contributed by atoms with E-state index in [4.69, 9.17) is 5.26 Å². The summed E-state index contributed by atoms with van der Waals surface area (Å²) in [5, 5.41) is 17.6. The van der Waals surface area contributed by atoms with Crippen molar-refractivity contribution < 1.29 is 9.59 Å². The summed E-state index contributed by atoms with van der Waals surface area (Å²) in [6.07, 6.45) is 0.304. The normalized spacial score (nSPS) is 14.7. The van der Waals surface area contributed by atoms with Crippen molar-refractivity contribution in [1.82, 2.24) is 24.5 Å². The van der Waals surface area contributed by atoms with Crippen LogP contribution in [0.1, 0.15) is 59.4 Å². The number of ketones is 1. The lowest BCUT2D eigenvalue weighted by atomic mass is 10.1. The molecule has 0 saturated heterocycles. The van der Waals surface area contributed by atoms with Crippen LogP contribution >= 0.6 is 0 Å². The molecule has 136 valence electrons. The number of hydrogen-bond donors (Lipinski definition) is 0. The molecule has 8 heteroatoms. The van der Waals surface area contributed by atoms with Crippen LogP contribution in [-0.2, 0) is 17.9 Å². The van der Waals surface area contributed by atoms with E-state index in [0.29, 0.717) is 43.0 Å². The standard InChI is InChI=1S/C18H22N6O2/c1-11(24-13(3)18(14(4)25)12(2)20-24)7-17(26)22-5-6-23-16(10-22)8-15(9-19)21-23/h8,11H,5-7,10H2,1-4H3. The topological polar surface area (TPSA) is 96.8 Å². The summed E-state index contributed by atoms with van der Waals surface area (Å²) in [7, 11) is 0. The number of carbonyl (C=O) groups is 2. The summed E-state index contributed by atoms with van der Waals surface area (Å²) >= 11 is 0. The summed E-state index contributed by atoms with van der Waals surface area (Å²) in [6.45, 7) is 8.75. The van der Waals surface area contributed by atoms with Gasteiger partial charge in [-0.1, -0.05) is 0 Å². The second kappa shape index (κ2) is 6.75. The Morgan fingerprint density at radius 3 is 2.65 bits per heavy atom. The molecule has 0 aromatic carbocycles. The second-order valence-electron chi connectivity index (χ2n) is 6.77. The van der Waals surface area contributed by atoms with Gasteiger partial charge in [0.25, 0.3) is 0 Å². The smallest absolute Gasteiger partial charge is 0.225 e. The first-order chi connectivity index (χ1) is 12.3. The highest BCUT2D eigenvalue weighted by Gasteiger charge is 2.25. The van der Waals surface area contributed by atoms with Crippen LogP contribution in [0.15, 0.2) is 6.07 Å². The molecular weight excluding hydrogens is 332 g/mol. The fourth-order valence-electron chi connectivity index (χ4n) is 3.60. The number of aryl methyl sites for hydroxylation is 1. The molecule has 1 atom stereocenters. The van der Waals surface area contributed by atoms with E-state index in [1.54, 1.807) is 20.3 Å². The van der Waals surface area contributed by atoms with Crippen molar-refractivity contribution in [2.75, 3.05) is 6.54 Å². The Morgan fingerprint density at radius 1 is 1.31 bits per heavy atom. The number of rotatable bonds is 4. The van der Waals surface area contributed by atoms with Gasteiger partial charge >= 0.3 is 0 Å². The Labute approximate surface area is 152 Å². The van der Waals surface area contributed by atoms with Gasteiger partial charge in [-0.25, -0.2) is 0 Å². The van der Waals surface area contributed by atoms with Crippen molar-refractivity contribution >= 4 is 11.7 Å². The first-order valence-electron chi connectivity index (χ1n) is 8.63. The Morgan fingerprint density at radius 2 is 2.04 bits per heavy atom. The molecule has 1 aliphatic rings. The lowest BCUT2D eigenvalue weighted by Crippen LogP contribution is -2.39. The van der Waals surface area contributed by atoms with Gasteiger partial charge in [0.05, 0.1) is 36.1 Å². The van der Waals surface area contributed by atoms with Crippen LogP contribution in [0.3, 0.4) is 0 Å². The van der Waals surface area contributed by atoms with Gasteiger partial charge < -0.3 is 4.90 Å². The monoisotopic (exact) mass is 354 g/mol. The van der Waals surface area contributed by atoms with Crippen molar-refractivity contribution in [3.05, 3.63) is 34.4 Å². The maximum Gasteiger partial charge on any atom is 0.225 e. The van der Waals surface area contributed by atoms with Gasteiger partial charge in [-0.3, -0.25) is 19.0 Å². The van der Waals surface area contributed by atoms with Gasteiger partial charge in [0.1, 0.15) is 6.07 Å². The Kier molecular flexibility index (Phi) is 4.64. The van der Waals surface area contributed by atoms with Gasteiger partial charge in [-0.05, 0) is 33.8 Å². The summed E-state index contributed by atoms with van der Waals surface area (Å²) < 4.78 is 3.55. The molecule has 0 fully saturated rings. The predicted molar refractivity (Wildman–Crippen MR) is 93.4 cm³/mol. The van der Waals surface area contributed by atoms with E-state index in [0.717, 1.165) is 11.4 Å². The summed E-state index contributed by atoms with van der Waals surface area (Å²) in [5.74, 6) is 0.0164. The maximum absolute atomic E-state index is 12.7. The van der Waals surface area contributed by atoms with E-state index in [2.05, 4.69) is 10.2 Å². The number of fused-ring (bicyclic) bond motifs is 1. The number of hydrogen-bond acceptors (Lipinski definition) is 5. The molecule has 8 nitrogen and oxygen atoms in total. The minimum atomic E-state index is -0.143. The zero-order chi connectivity index (χ0) is 19.0. The quantitative estimate of drug-likeness (QED) is 0.780. The second-order valence-corrected chi connectivity index (χ2v) is 6.77. The molecule has 3 heterocycles. The largest absolute Gasteiger partial charge is 0.335 e. The van der Waals surface area contributed by atoms with Gasteiger partial charge in [0, 0.05) is 18.7 Å². The molecule has 0 saturated carbocycles. The van der Waals surface area contributed by atoms with Crippen molar-refractivity contribution in [3.63, 3.8) is 0 Å². The average molecular weight is 354 g/mol. The van der Waals surface area contributed by atoms with E-state index in [1.165, 1.54) is 6.92 Å². The number of carbonyl (C=O) groups excluding carboxylic acids is 2. The van der Waals surface area contributed by atoms with E-state index in [9.17, 15) is 9.59 Å². The third-order valence-corrected chi connectivity index (χ3v) is 4.83. The Balaban J connectivity index is 1.72. The molecular formula is C18H22N6O2. The molecule has 0 aliphatic carbocycles. The highest BCUT2D eigenvalue weighted by atomic mass is 16.2. The predicted octanol–water partition coefficient (Wildman–Crippen LogP) is 1.76. The SMILES string of the molecule is CC(=O)c1c(C)nn(C(C)CC(=O)N2CCn3nc(C#N)cc3C2)c1C. The molecule has 0 N–H and O–H groups in total. The molecule has 0 bridgehead atoms. The molecule has 0 spiro atoms. The Bertz CT molecular complexity index is 917. The molecule has 1 amide bonds. The van der Waals surface area contributed by atoms with Crippen LogP contribution in [0.2, 0.25) is 0 Å². The number of Topliss-reactive ketones (excluding diaryl/α,β-unsaturated/α-hetero) is 1. The minimum Gasteiger partial charge on any atom is -0.335 e. The Hall–Kier alpha value is -2.95. The fourth-order valence-corrected chi connectivity index (χ4v) is 3.60. The van der Waals surface area contributed by atoms with Crippen LogP contribution in [-0.4, -0.2) is 42.7 Å². The average Bonchev–Trinajstić information content (AvgIpc) is 3.13. The number of nitriles is 1. The molecule has 1 unspecified atom stereocenters. The molecule has 0 radical (unpaired) electrons. The van der Waals surface area contributed by atoms with Crippen molar-refractivity contribution in [2.45, 2.75) is 53.2 Å². The first-order valence-corrected chi connectivity index (χ1v) is 8.63. The zero-order valence-electron chi connectivity index (χ0n) is 15.5. The van der Waals surface area contributed by atoms with Gasteiger partial charge in [0.15, 0.2) is 11.5 Å². The van der Waals surface area contributed by atoms with E-state index in [1.807, 2.05) is 26.8 Å².